The maximum absolute atomic E-state index is 9.79. The molecule has 0 aromatic carbocycles. The van der Waals surface area contributed by atoms with Crippen LogP contribution in [0.1, 0.15) is 26.2 Å². The Balaban J connectivity index is 2.27. The monoisotopic (exact) mass is 221 g/mol. The van der Waals surface area contributed by atoms with Gasteiger partial charge < -0.3 is 15.7 Å². The summed E-state index contributed by atoms with van der Waals surface area (Å²) in [6, 6.07) is 3.84. The first-order valence-electron chi connectivity index (χ1n) is 5.85. The van der Waals surface area contributed by atoms with Gasteiger partial charge in [-0.1, -0.05) is 0 Å². The van der Waals surface area contributed by atoms with Crippen LogP contribution in [0.3, 0.4) is 0 Å². The fourth-order valence-corrected chi connectivity index (χ4v) is 2.37. The van der Waals surface area contributed by atoms with Crippen LogP contribution in [0.25, 0.3) is 0 Å². The van der Waals surface area contributed by atoms with E-state index in [1.165, 1.54) is 6.42 Å². The number of nitrogens with two attached hydrogens (primary N) is 1. The number of piperidine rings is 1. The van der Waals surface area contributed by atoms with E-state index in [1.54, 1.807) is 6.20 Å². The van der Waals surface area contributed by atoms with Gasteiger partial charge in [0.25, 0.3) is 0 Å². The zero-order valence-corrected chi connectivity index (χ0v) is 9.63. The Bertz CT molecular complexity index is 354. The molecular weight excluding hydrogens is 202 g/mol. The summed E-state index contributed by atoms with van der Waals surface area (Å²) in [4.78, 5) is 6.47. The molecule has 2 heterocycles. The van der Waals surface area contributed by atoms with Crippen molar-refractivity contribution in [3.05, 3.63) is 18.3 Å². The molecule has 2 atom stereocenters. The minimum atomic E-state index is -0.346. The lowest BCUT2D eigenvalue weighted by Gasteiger charge is -2.38. The molecule has 1 aliphatic rings. The Hall–Kier alpha value is -1.29. The van der Waals surface area contributed by atoms with E-state index in [1.807, 2.05) is 19.1 Å². The number of hydrogen-bond donors (Lipinski definition) is 2. The van der Waals surface area contributed by atoms with Crippen LogP contribution in [-0.2, 0) is 0 Å². The lowest BCUT2D eigenvalue weighted by molar-refractivity contribution is 0.145. The van der Waals surface area contributed by atoms with Crippen LogP contribution in [0.5, 0.6) is 0 Å². The van der Waals surface area contributed by atoms with Gasteiger partial charge in [0.05, 0.1) is 17.8 Å². The third-order valence-electron chi connectivity index (χ3n) is 3.20. The van der Waals surface area contributed by atoms with Crippen molar-refractivity contribution >= 4 is 11.5 Å². The maximum Gasteiger partial charge on any atom is 0.152 e. The van der Waals surface area contributed by atoms with Gasteiger partial charge in [-0.15, -0.1) is 0 Å². The predicted octanol–water partition coefficient (Wildman–Crippen LogP) is 1.40. The highest BCUT2D eigenvalue weighted by molar-refractivity contribution is 5.62. The molecule has 0 bridgehead atoms. The lowest BCUT2D eigenvalue weighted by atomic mass is 9.98. The van der Waals surface area contributed by atoms with Crippen molar-refractivity contribution in [2.45, 2.75) is 38.3 Å². The van der Waals surface area contributed by atoms with Crippen molar-refractivity contribution < 1.29 is 5.11 Å². The van der Waals surface area contributed by atoms with E-state index in [4.69, 9.17) is 5.73 Å². The summed E-state index contributed by atoms with van der Waals surface area (Å²) in [7, 11) is 0. The van der Waals surface area contributed by atoms with Gasteiger partial charge >= 0.3 is 0 Å². The van der Waals surface area contributed by atoms with Crippen LogP contribution in [0.15, 0.2) is 18.3 Å². The number of nitrogen functional groups attached to an aromatic ring is 1. The first-order chi connectivity index (χ1) is 7.70. The first kappa shape index (κ1) is 11.2. The van der Waals surface area contributed by atoms with Gasteiger partial charge in [0.15, 0.2) is 5.82 Å². The van der Waals surface area contributed by atoms with E-state index in [0.29, 0.717) is 5.69 Å². The molecule has 0 amide bonds. The summed E-state index contributed by atoms with van der Waals surface area (Å²) in [5, 5.41) is 9.79. The molecule has 4 heteroatoms. The fourth-order valence-electron chi connectivity index (χ4n) is 2.37. The number of aromatic nitrogens is 1. The summed E-state index contributed by atoms with van der Waals surface area (Å²) in [6.07, 6.45) is 4.71. The third-order valence-corrected chi connectivity index (χ3v) is 3.20. The van der Waals surface area contributed by atoms with Gasteiger partial charge in [-0.05, 0) is 38.3 Å². The molecule has 0 unspecified atom stereocenters. The number of aliphatic hydroxyl groups is 1. The van der Waals surface area contributed by atoms with Crippen molar-refractivity contribution in [1.82, 2.24) is 4.98 Å². The normalized spacial score (nSPS) is 23.1. The number of hydrogen-bond acceptors (Lipinski definition) is 4. The lowest BCUT2D eigenvalue weighted by Crippen LogP contribution is -2.46. The fraction of sp³-hybridized carbons (Fsp3) is 0.583. The van der Waals surface area contributed by atoms with Crippen LogP contribution in [0.2, 0.25) is 0 Å². The van der Waals surface area contributed by atoms with E-state index in [2.05, 4.69) is 9.88 Å². The van der Waals surface area contributed by atoms with E-state index < -0.39 is 0 Å². The van der Waals surface area contributed by atoms with Gasteiger partial charge in [0, 0.05) is 12.7 Å². The van der Waals surface area contributed by atoms with Gasteiger partial charge in [0.2, 0.25) is 0 Å². The Kier molecular flexibility index (Phi) is 3.29. The standard InChI is InChI=1S/C12H19N3O/c1-9(16)11-6-2-3-8-15(11)12-10(13)5-4-7-14-12/h4-5,7,9,11,16H,2-3,6,8,13H2,1H3/t9-,11-/m0/s1. The van der Waals surface area contributed by atoms with E-state index >= 15 is 0 Å². The van der Waals surface area contributed by atoms with Crippen molar-refractivity contribution in [3.8, 4) is 0 Å². The second kappa shape index (κ2) is 4.70. The molecule has 0 aliphatic carbocycles. The number of pyridine rings is 1. The number of anilines is 2. The largest absolute Gasteiger partial charge is 0.396 e. The Morgan fingerprint density at radius 3 is 3.06 bits per heavy atom. The summed E-state index contributed by atoms with van der Waals surface area (Å²) in [5.41, 5.74) is 6.62. The highest BCUT2D eigenvalue weighted by Crippen LogP contribution is 2.28. The second-order valence-electron chi connectivity index (χ2n) is 4.41. The quantitative estimate of drug-likeness (QED) is 0.792. The molecule has 1 fully saturated rings. The van der Waals surface area contributed by atoms with Gasteiger partial charge in [-0.25, -0.2) is 4.98 Å². The molecule has 1 saturated heterocycles. The Morgan fingerprint density at radius 1 is 1.56 bits per heavy atom. The molecule has 1 aromatic heterocycles. The molecule has 0 radical (unpaired) electrons. The minimum absolute atomic E-state index is 0.144. The third kappa shape index (κ3) is 2.11. The number of aliphatic hydroxyl groups excluding tert-OH is 1. The summed E-state index contributed by atoms with van der Waals surface area (Å²) in [5.74, 6) is 0.813. The molecule has 0 spiro atoms. The molecule has 0 saturated carbocycles. The van der Waals surface area contributed by atoms with Crippen LogP contribution in [0, 0.1) is 0 Å². The Labute approximate surface area is 96.1 Å². The molecular formula is C12H19N3O. The minimum Gasteiger partial charge on any atom is -0.396 e. The topological polar surface area (TPSA) is 62.4 Å². The zero-order valence-electron chi connectivity index (χ0n) is 9.63. The van der Waals surface area contributed by atoms with Crippen LogP contribution >= 0.6 is 0 Å². The molecule has 88 valence electrons. The number of rotatable bonds is 2. The predicted molar refractivity (Wildman–Crippen MR) is 65.3 cm³/mol. The second-order valence-corrected chi connectivity index (χ2v) is 4.41. The molecule has 1 aromatic rings. The van der Waals surface area contributed by atoms with Crippen molar-refractivity contribution in [1.29, 1.82) is 0 Å². The highest BCUT2D eigenvalue weighted by atomic mass is 16.3. The Morgan fingerprint density at radius 2 is 2.38 bits per heavy atom. The van der Waals surface area contributed by atoms with Gasteiger partial charge in [-0.2, -0.15) is 0 Å². The van der Waals surface area contributed by atoms with Crippen LogP contribution in [0.4, 0.5) is 11.5 Å². The summed E-state index contributed by atoms with van der Waals surface area (Å²) >= 11 is 0. The average molecular weight is 221 g/mol. The SMILES string of the molecule is C[C@H](O)[C@@H]1CCCCN1c1ncccc1N. The smallest absolute Gasteiger partial charge is 0.152 e. The van der Waals surface area contributed by atoms with E-state index in [-0.39, 0.29) is 12.1 Å². The summed E-state index contributed by atoms with van der Waals surface area (Å²) < 4.78 is 0. The zero-order chi connectivity index (χ0) is 11.5. The van der Waals surface area contributed by atoms with Crippen LogP contribution < -0.4 is 10.6 Å². The van der Waals surface area contributed by atoms with Crippen LogP contribution in [-0.4, -0.2) is 28.8 Å². The maximum atomic E-state index is 9.79. The van der Waals surface area contributed by atoms with Crippen molar-refractivity contribution in [3.63, 3.8) is 0 Å². The van der Waals surface area contributed by atoms with Crippen molar-refractivity contribution in [2.24, 2.45) is 0 Å². The molecule has 1 aliphatic heterocycles. The molecule has 4 nitrogen and oxygen atoms in total. The highest BCUT2D eigenvalue weighted by Gasteiger charge is 2.28. The van der Waals surface area contributed by atoms with Crippen molar-refractivity contribution in [2.75, 3.05) is 17.2 Å². The van der Waals surface area contributed by atoms with Gasteiger partial charge in [-0.3, -0.25) is 0 Å². The summed E-state index contributed by atoms with van der Waals surface area (Å²) in [6.45, 7) is 2.76. The average Bonchev–Trinajstić information content (AvgIpc) is 2.29. The number of nitrogens with zero attached hydrogens (tertiary/aromatic N) is 2. The molecule has 3 N–H and O–H groups in total. The first-order valence-corrected chi connectivity index (χ1v) is 5.85. The molecule has 2 rings (SSSR count). The van der Waals surface area contributed by atoms with E-state index in [9.17, 15) is 5.11 Å². The van der Waals surface area contributed by atoms with Gasteiger partial charge in [0.1, 0.15) is 0 Å². The van der Waals surface area contributed by atoms with E-state index in [0.717, 1.165) is 25.2 Å². The molecule has 16 heavy (non-hydrogen) atoms.